The van der Waals surface area contributed by atoms with Gasteiger partial charge in [0.15, 0.2) is 0 Å². The van der Waals surface area contributed by atoms with Crippen LogP contribution in [0.3, 0.4) is 0 Å². The summed E-state index contributed by atoms with van der Waals surface area (Å²) >= 11 is 0. The lowest BCUT2D eigenvalue weighted by molar-refractivity contribution is 0.102. The number of nitrogens with one attached hydrogen (secondary N) is 1. The summed E-state index contributed by atoms with van der Waals surface area (Å²) in [5.41, 5.74) is 4.15. The minimum Gasteiger partial charge on any atom is -0.320 e. The van der Waals surface area contributed by atoms with Gasteiger partial charge in [-0.15, -0.1) is 0 Å². The molecule has 1 heterocycles. The Morgan fingerprint density at radius 2 is 1.95 bits per heavy atom. The molecule has 0 aliphatic carbocycles. The molecular formula is C16H20N4O. The Labute approximate surface area is 125 Å². The zero-order valence-corrected chi connectivity index (χ0v) is 12.8. The van der Waals surface area contributed by atoms with Crippen LogP contribution in [0.4, 0.5) is 5.69 Å². The van der Waals surface area contributed by atoms with Gasteiger partial charge in [0, 0.05) is 18.4 Å². The maximum Gasteiger partial charge on any atom is 0.275 e. The number of hydrogen-bond acceptors (Lipinski definition) is 4. The molecule has 0 saturated heterocycles. The third kappa shape index (κ3) is 4.10. The molecule has 5 heteroatoms. The summed E-state index contributed by atoms with van der Waals surface area (Å²) in [4.78, 5) is 22.5. The van der Waals surface area contributed by atoms with E-state index < -0.39 is 0 Å². The molecule has 110 valence electrons. The van der Waals surface area contributed by atoms with Gasteiger partial charge in [-0.1, -0.05) is 17.7 Å². The zero-order chi connectivity index (χ0) is 15.4. The largest absolute Gasteiger partial charge is 0.320 e. The van der Waals surface area contributed by atoms with Gasteiger partial charge in [0.05, 0.1) is 11.9 Å². The molecule has 2 aromatic rings. The summed E-state index contributed by atoms with van der Waals surface area (Å²) in [6.45, 7) is 4.64. The lowest BCUT2D eigenvalue weighted by Gasteiger charge is -2.15. The molecule has 5 nitrogen and oxygen atoms in total. The van der Waals surface area contributed by atoms with Crippen molar-refractivity contribution in [2.24, 2.45) is 0 Å². The molecule has 0 radical (unpaired) electrons. The Kier molecular flexibility index (Phi) is 4.65. The number of aromatic nitrogens is 2. The van der Waals surface area contributed by atoms with E-state index in [1.54, 1.807) is 6.20 Å². The fraction of sp³-hybridized carbons (Fsp3) is 0.312. The van der Waals surface area contributed by atoms with Crippen molar-refractivity contribution in [1.82, 2.24) is 14.9 Å². The molecule has 1 N–H and O–H groups in total. The highest BCUT2D eigenvalue weighted by Crippen LogP contribution is 2.19. The van der Waals surface area contributed by atoms with Gasteiger partial charge in [-0.3, -0.25) is 9.78 Å². The van der Waals surface area contributed by atoms with E-state index >= 15 is 0 Å². The molecule has 0 aliphatic rings. The molecule has 0 unspecified atom stereocenters. The highest BCUT2D eigenvalue weighted by molar-refractivity contribution is 6.03. The number of anilines is 1. The number of nitrogens with zero attached hydrogens (tertiary/aromatic N) is 3. The molecule has 0 bridgehead atoms. The molecule has 1 aromatic heterocycles. The number of carbonyl (C=O) groups is 1. The second-order valence-corrected chi connectivity index (χ2v) is 5.40. The van der Waals surface area contributed by atoms with Crippen molar-refractivity contribution in [3.05, 3.63) is 53.1 Å². The van der Waals surface area contributed by atoms with Crippen LogP contribution in [0.25, 0.3) is 0 Å². The molecule has 21 heavy (non-hydrogen) atoms. The Morgan fingerprint density at radius 1 is 1.19 bits per heavy atom. The number of hydrogen-bond donors (Lipinski definition) is 1. The fourth-order valence-electron chi connectivity index (χ4n) is 2.01. The predicted molar refractivity (Wildman–Crippen MR) is 83.3 cm³/mol. The molecule has 1 amide bonds. The van der Waals surface area contributed by atoms with Crippen LogP contribution >= 0.6 is 0 Å². The first kappa shape index (κ1) is 15.1. The third-order valence-electron chi connectivity index (χ3n) is 3.01. The normalized spacial score (nSPS) is 10.7. The summed E-state index contributed by atoms with van der Waals surface area (Å²) in [5.74, 6) is -0.244. The Bertz CT molecular complexity index is 635. The number of aryl methyl sites for hydroxylation is 2. The Morgan fingerprint density at radius 3 is 2.57 bits per heavy atom. The number of amides is 1. The number of benzene rings is 1. The summed E-state index contributed by atoms with van der Waals surface area (Å²) < 4.78 is 0. The van der Waals surface area contributed by atoms with Crippen molar-refractivity contribution in [2.45, 2.75) is 20.4 Å². The average Bonchev–Trinajstić information content (AvgIpc) is 2.42. The minimum absolute atomic E-state index is 0.244. The maximum absolute atomic E-state index is 12.2. The molecule has 0 atom stereocenters. The van der Waals surface area contributed by atoms with Gasteiger partial charge in [0.25, 0.3) is 5.91 Å². The Balaban J connectivity index is 2.22. The topological polar surface area (TPSA) is 58.1 Å². The van der Waals surface area contributed by atoms with Gasteiger partial charge in [0.2, 0.25) is 0 Å². The minimum atomic E-state index is -0.244. The van der Waals surface area contributed by atoms with Crippen LogP contribution in [-0.4, -0.2) is 34.9 Å². The lowest BCUT2D eigenvalue weighted by Crippen LogP contribution is -2.18. The first-order valence-electron chi connectivity index (χ1n) is 6.80. The zero-order valence-electron chi connectivity index (χ0n) is 12.8. The van der Waals surface area contributed by atoms with Gasteiger partial charge in [-0.2, -0.15) is 0 Å². The quantitative estimate of drug-likeness (QED) is 0.936. The van der Waals surface area contributed by atoms with E-state index in [1.807, 2.05) is 40.1 Å². The van der Waals surface area contributed by atoms with Crippen LogP contribution in [0.2, 0.25) is 0 Å². The van der Waals surface area contributed by atoms with Gasteiger partial charge in [-0.05, 0) is 39.6 Å². The van der Waals surface area contributed by atoms with Crippen molar-refractivity contribution in [2.75, 3.05) is 19.4 Å². The van der Waals surface area contributed by atoms with Crippen molar-refractivity contribution in [3.8, 4) is 0 Å². The van der Waals surface area contributed by atoms with Gasteiger partial charge in [0.1, 0.15) is 5.69 Å². The van der Waals surface area contributed by atoms with Crippen LogP contribution in [-0.2, 0) is 6.54 Å². The molecule has 0 fully saturated rings. The smallest absolute Gasteiger partial charge is 0.275 e. The average molecular weight is 284 g/mol. The van der Waals surface area contributed by atoms with E-state index in [4.69, 9.17) is 0 Å². The third-order valence-corrected chi connectivity index (χ3v) is 3.01. The van der Waals surface area contributed by atoms with Crippen molar-refractivity contribution >= 4 is 11.6 Å². The molecule has 0 aliphatic heterocycles. The van der Waals surface area contributed by atoms with Crippen molar-refractivity contribution in [1.29, 1.82) is 0 Å². The number of rotatable bonds is 4. The van der Waals surface area contributed by atoms with Gasteiger partial charge in [-0.25, -0.2) is 4.98 Å². The fourth-order valence-corrected chi connectivity index (χ4v) is 2.01. The predicted octanol–water partition coefficient (Wildman–Crippen LogP) is 2.41. The standard InChI is InChI=1S/C16H20N4O/c1-11-5-6-14(13(7-11)10-20(3)4)19-16(21)15-9-17-12(2)8-18-15/h5-9H,10H2,1-4H3,(H,19,21). The van der Waals surface area contributed by atoms with E-state index in [1.165, 1.54) is 11.8 Å². The lowest BCUT2D eigenvalue weighted by atomic mass is 10.1. The summed E-state index contributed by atoms with van der Waals surface area (Å²) in [6.07, 6.45) is 3.08. The van der Waals surface area contributed by atoms with E-state index in [0.717, 1.165) is 23.5 Å². The summed E-state index contributed by atoms with van der Waals surface area (Å²) in [5, 5.41) is 2.91. The molecule has 1 aromatic carbocycles. The van der Waals surface area contributed by atoms with Crippen LogP contribution in [0.15, 0.2) is 30.6 Å². The van der Waals surface area contributed by atoms with Gasteiger partial charge < -0.3 is 10.2 Å². The van der Waals surface area contributed by atoms with E-state index in [2.05, 4.69) is 26.3 Å². The van der Waals surface area contributed by atoms with Crippen molar-refractivity contribution < 1.29 is 4.79 Å². The first-order chi connectivity index (χ1) is 9.95. The first-order valence-corrected chi connectivity index (χ1v) is 6.80. The number of carbonyl (C=O) groups excluding carboxylic acids is 1. The molecular weight excluding hydrogens is 264 g/mol. The second-order valence-electron chi connectivity index (χ2n) is 5.40. The molecule has 0 saturated carbocycles. The summed E-state index contributed by atoms with van der Waals surface area (Å²) in [7, 11) is 4.00. The molecule has 2 rings (SSSR count). The van der Waals surface area contributed by atoms with E-state index in [0.29, 0.717) is 5.69 Å². The summed E-state index contributed by atoms with van der Waals surface area (Å²) in [6, 6.07) is 5.99. The monoisotopic (exact) mass is 284 g/mol. The van der Waals surface area contributed by atoms with E-state index in [9.17, 15) is 4.79 Å². The van der Waals surface area contributed by atoms with E-state index in [-0.39, 0.29) is 5.91 Å². The van der Waals surface area contributed by atoms with Crippen molar-refractivity contribution in [3.63, 3.8) is 0 Å². The van der Waals surface area contributed by atoms with Crippen LogP contribution in [0.1, 0.15) is 27.3 Å². The molecule has 0 spiro atoms. The van der Waals surface area contributed by atoms with Crippen LogP contribution < -0.4 is 5.32 Å². The van der Waals surface area contributed by atoms with Crippen LogP contribution in [0.5, 0.6) is 0 Å². The highest BCUT2D eigenvalue weighted by atomic mass is 16.1. The van der Waals surface area contributed by atoms with Gasteiger partial charge >= 0.3 is 0 Å². The second kappa shape index (κ2) is 6.45. The maximum atomic E-state index is 12.2. The van der Waals surface area contributed by atoms with Crippen LogP contribution in [0, 0.1) is 13.8 Å². The SMILES string of the molecule is Cc1ccc(NC(=O)c2cnc(C)cn2)c(CN(C)C)c1. The highest BCUT2D eigenvalue weighted by Gasteiger charge is 2.11. The Hall–Kier alpha value is -2.27.